The van der Waals surface area contributed by atoms with Crippen LogP contribution in [0.1, 0.15) is 94.6 Å². The van der Waals surface area contributed by atoms with Crippen molar-refractivity contribution < 1.29 is 37.7 Å². The third-order valence-electron chi connectivity index (χ3n) is 13.9. The normalized spacial score (nSPS) is 22.0. The van der Waals surface area contributed by atoms with Gasteiger partial charge in [0.05, 0.1) is 36.9 Å². The molecule has 4 aliphatic heterocycles. The third kappa shape index (κ3) is 9.39. The van der Waals surface area contributed by atoms with E-state index in [-0.39, 0.29) is 61.0 Å². The van der Waals surface area contributed by atoms with Crippen molar-refractivity contribution in [3.63, 3.8) is 0 Å². The molecule has 1 unspecified atom stereocenters. The maximum absolute atomic E-state index is 16.7. The van der Waals surface area contributed by atoms with E-state index in [2.05, 4.69) is 30.6 Å². The van der Waals surface area contributed by atoms with Gasteiger partial charge in [-0.25, -0.2) is 18.7 Å². The lowest BCUT2D eigenvalue weighted by Gasteiger charge is -2.36. The van der Waals surface area contributed by atoms with Crippen LogP contribution in [0.2, 0.25) is 25.7 Å². The van der Waals surface area contributed by atoms with Crippen molar-refractivity contribution in [1.29, 1.82) is 0 Å². The first kappa shape index (κ1) is 45.3. The largest absolute Gasteiger partial charge is 0.486 e. The molecule has 1 aliphatic carbocycles. The van der Waals surface area contributed by atoms with Gasteiger partial charge in [0.2, 0.25) is 0 Å². The van der Waals surface area contributed by atoms with Gasteiger partial charge in [-0.2, -0.15) is 15.1 Å². The van der Waals surface area contributed by atoms with E-state index in [1.54, 1.807) is 11.0 Å². The molecule has 10 rings (SSSR count). The van der Waals surface area contributed by atoms with Crippen LogP contribution < -0.4 is 14.4 Å². The summed E-state index contributed by atoms with van der Waals surface area (Å²) in [7, 11) is -1.39. The van der Waals surface area contributed by atoms with Crippen molar-refractivity contribution in [2.24, 2.45) is 0 Å². The highest BCUT2D eigenvalue weighted by Crippen LogP contribution is 2.54. The van der Waals surface area contributed by atoms with E-state index in [0.29, 0.717) is 74.0 Å². The molecule has 0 N–H and O–H groups in total. The number of hydrogen-bond acceptors (Lipinski definition) is 11. The number of carbonyl (C=O) groups excluding carboxylic acids is 2. The van der Waals surface area contributed by atoms with E-state index < -0.39 is 13.7 Å². The second-order valence-electron chi connectivity index (χ2n) is 21.4. The number of benzene rings is 3. The second-order valence-corrected chi connectivity index (χ2v) is 27.0. The lowest BCUT2D eigenvalue weighted by Crippen LogP contribution is -2.50. The highest BCUT2D eigenvalue weighted by Gasteiger charge is 2.48. The van der Waals surface area contributed by atoms with E-state index in [0.717, 1.165) is 77.6 Å². The van der Waals surface area contributed by atoms with Crippen LogP contribution in [-0.2, 0) is 20.8 Å². The van der Waals surface area contributed by atoms with Crippen LogP contribution in [0.4, 0.5) is 19.8 Å². The standard InChI is InChI=1S/C51H64FN7O7Si/c1-31-40(52)25-41-39(26-53-59(41)42-15-11-12-20-62-42)43(31)44-37(33-16-17-33)24-38-45(46(44)64-30-32-13-9-8-10-14-32)54-48(65-36-18-19-56(29-36)49(60)63-21-22-67(5,6)7)55-47(38)57-27-35-23-34(57)28-58(35)50(61)66-51(2,3)4/h8-10,13-14,24-26,33-36,42H,11-12,15-23,27-30H2,1-7H3/t34-,35-,36-,42?/m0/s1. The molecule has 2 aromatic heterocycles. The molecule has 0 spiro atoms. The molecule has 4 saturated heterocycles. The Hall–Kier alpha value is -5.48. The number of nitrogens with zero attached hydrogens (tertiary/aromatic N) is 7. The van der Waals surface area contributed by atoms with Gasteiger partial charge in [-0.05, 0) is 101 Å². The number of anilines is 1. The van der Waals surface area contributed by atoms with Crippen molar-refractivity contribution >= 4 is 47.9 Å². The molecule has 5 aliphatic rings. The SMILES string of the molecule is Cc1c(F)cc2c(cnn2C2CCCCO2)c1-c1c(C2CC2)cc2c(N3C[C@@H]4C[C@H]3CN4C(=O)OC(C)(C)C)nc(O[C@H]3CCN(C(=O)OCC[Si](C)(C)C)C3)nc2c1OCc1ccccc1. The molecule has 5 fully saturated rings. The number of halogens is 1. The first-order valence-corrected chi connectivity index (χ1v) is 28.0. The van der Waals surface area contributed by atoms with Crippen LogP contribution in [0.15, 0.2) is 48.7 Å². The zero-order chi connectivity index (χ0) is 46.8. The molecule has 1 saturated carbocycles. The molecule has 67 heavy (non-hydrogen) atoms. The van der Waals surface area contributed by atoms with E-state index in [4.69, 9.17) is 38.8 Å². The topological polar surface area (TPSA) is 134 Å². The molecule has 356 valence electrons. The number of carbonyl (C=O) groups is 2. The van der Waals surface area contributed by atoms with Gasteiger partial charge < -0.3 is 38.4 Å². The molecular formula is C51H64FN7O7Si. The first-order chi connectivity index (χ1) is 32.1. The number of likely N-dealkylation sites (tertiary alicyclic amines) is 2. The highest BCUT2D eigenvalue weighted by atomic mass is 28.3. The first-order valence-electron chi connectivity index (χ1n) is 24.3. The van der Waals surface area contributed by atoms with Crippen LogP contribution in [-0.4, -0.2) is 113 Å². The summed E-state index contributed by atoms with van der Waals surface area (Å²) in [6, 6.07) is 14.7. The number of amides is 2. The van der Waals surface area contributed by atoms with Crippen molar-refractivity contribution in [2.75, 3.05) is 44.3 Å². The minimum Gasteiger partial charge on any atom is -0.486 e. The molecule has 6 heterocycles. The third-order valence-corrected chi connectivity index (χ3v) is 15.6. The zero-order valence-electron chi connectivity index (χ0n) is 40.0. The van der Waals surface area contributed by atoms with Gasteiger partial charge in [0.25, 0.3) is 0 Å². The molecule has 16 heteroatoms. The van der Waals surface area contributed by atoms with Crippen LogP contribution in [0, 0.1) is 12.7 Å². The highest BCUT2D eigenvalue weighted by molar-refractivity contribution is 6.76. The molecule has 2 bridgehead atoms. The molecule has 2 amide bonds. The van der Waals surface area contributed by atoms with E-state index in [1.165, 1.54) is 0 Å². The molecule has 0 radical (unpaired) electrons. The Labute approximate surface area is 393 Å². The minimum atomic E-state index is -1.39. The summed E-state index contributed by atoms with van der Waals surface area (Å²) in [5.74, 6) is 1.07. The van der Waals surface area contributed by atoms with Gasteiger partial charge in [-0.1, -0.05) is 50.0 Å². The van der Waals surface area contributed by atoms with Crippen molar-refractivity contribution in [3.05, 3.63) is 71.2 Å². The van der Waals surface area contributed by atoms with E-state index >= 15 is 4.39 Å². The Morgan fingerprint density at radius 3 is 2.43 bits per heavy atom. The van der Waals surface area contributed by atoms with Crippen LogP contribution in [0.25, 0.3) is 32.9 Å². The number of hydrogen-bond donors (Lipinski definition) is 0. The number of ether oxygens (including phenoxy) is 5. The summed E-state index contributed by atoms with van der Waals surface area (Å²) in [6.45, 7) is 17.4. The fraction of sp³-hybridized carbons (Fsp3) is 0.549. The predicted octanol–water partition coefficient (Wildman–Crippen LogP) is 10.4. The van der Waals surface area contributed by atoms with Crippen LogP contribution in [0.3, 0.4) is 0 Å². The average Bonchev–Trinajstić information content (AvgIpc) is 3.56. The lowest BCUT2D eigenvalue weighted by molar-refractivity contribution is -0.0366. The van der Waals surface area contributed by atoms with E-state index in [1.807, 2.05) is 73.8 Å². The fourth-order valence-electron chi connectivity index (χ4n) is 10.2. The second kappa shape index (κ2) is 17.9. The number of fused-ring (bicyclic) bond motifs is 4. The summed E-state index contributed by atoms with van der Waals surface area (Å²) in [4.78, 5) is 43.0. The Morgan fingerprint density at radius 1 is 0.925 bits per heavy atom. The van der Waals surface area contributed by atoms with Crippen LogP contribution >= 0.6 is 0 Å². The van der Waals surface area contributed by atoms with Gasteiger partial charge in [-0.15, -0.1) is 0 Å². The maximum Gasteiger partial charge on any atom is 0.410 e. The van der Waals surface area contributed by atoms with Gasteiger partial charge in [-0.3, -0.25) is 0 Å². The van der Waals surface area contributed by atoms with Crippen molar-refractivity contribution in [2.45, 2.75) is 141 Å². The lowest BCUT2D eigenvalue weighted by atomic mass is 9.88. The summed E-state index contributed by atoms with van der Waals surface area (Å²) < 4.78 is 50.1. The van der Waals surface area contributed by atoms with Gasteiger partial charge >= 0.3 is 18.2 Å². The minimum absolute atomic E-state index is 0.0351. The summed E-state index contributed by atoms with van der Waals surface area (Å²) in [6.07, 6.45) is 6.60. The molecule has 4 atom stereocenters. The maximum atomic E-state index is 16.7. The Bertz CT molecular complexity index is 2680. The molecule has 5 aromatic rings. The van der Waals surface area contributed by atoms with Crippen molar-refractivity contribution in [3.8, 4) is 22.9 Å². The predicted molar refractivity (Wildman–Crippen MR) is 257 cm³/mol. The molecule has 14 nitrogen and oxygen atoms in total. The monoisotopic (exact) mass is 933 g/mol. The van der Waals surface area contributed by atoms with Gasteiger partial charge in [0, 0.05) is 68.7 Å². The summed E-state index contributed by atoms with van der Waals surface area (Å²) >= 11 is 0. The van der Waals surface area contributed by atoms with Gasteiger partial charge in [0.15, 0.2) is 12.0 Å². The van der Waals surface area contributed by atoms with Crippen LogP contribution in [0.5, 0.6) is 11.8 Å². The van der Waals surface area contributed by atoms with Gasteiger partial charge in [0.1, 0.15) is 35.5 Å². The number of rotatable bonds is 12. The molecular weight excluding hydrogens is 870 g/mol. The van der Waals surface area contributed by atoms with E-state index in [9.17, 15) is 9.59 Å². The van der Waals surface area contributed by atoms with Crippen molar-refractivity contribution in [1.82, 2.24) is 29.5 Å². The quantitative estimate of drug-likeness (QED) is 0.111. The average molecular weight is 934 g/mol. The fourth-order valence-corrected chi connectivity index (χ4v) is 10.9. The molecule has 3 aromatic carbocycles. The number of aromatic nitrogens is 4. The smallest absolute Gasteiger partial charge is 0.410 e. The zero-order valence-corrected chi connectivity index (χ0v) is 41.0. The summed E-state index contributed by atoms with van der Waals surface area (Å²) in [5, 5.41) is 6.48. The Kier molecular flexibility index (Phi) is 12.1. The summed E-state index contributed by atoms with van der Waals surface area (Å²) in [5.41, 5.74) is 4.62. The number of piperazine rings is 1. The Morgan fingerprint density at radius 2 is 1.73 bits per heavy atom. The Balaban J connectivity index is 1.11.